The van der Waals surface area contributed by atoms with E-state index < -0.39 is 17.6 Å². The van der Waals surface area contributed by atoms with Crippen molar-refractivity contribution in [3.8, 4) is 17.2 Å². The molecule has 0 spiro atoms. The Kier molecular flexibility index (Phi) is 8.35. The Balaban J connectivity index is 1.91. The van der Waals surface area contributed by atoms with Gasteiger partial charge in [0.15, 0.2) is 11.5 Å². The maximum absolute atomic E-state index is 13.5. The van der Waals surface area contributed by atoms with Gasteiger partial charge in [0, 0.05) is 22.6 Å². The summed E-state index contributed by atoms with van der Waals surface area (Å²) in [6, 6.07) is 9.43. The maximum Gasteiger partial charge on any atom is 0.262 e. The molecule has 0 aliphatic carbocycles. The summed E-state index contributed by atoms with van der Waals surface area (Å²) in [6.07, 6.45) is 2.74. The van der Waals surface area contributed by atoms with Crippen LogP contribution in [-0.4, -0.2) is 38.9 Å². The fourth-order valence-electron chi connectivity index (χ4n) is 2.26. The molecule has 2 amide bonds. The summed E-state index contributed by atoms with van der Waals surface area (Å²) in [5, 5.41) is 0. The fourth-order valence-corrected chi connectivity index (χ4v) is 3.00. The van der Waals surface area contributed by atoms with Gasteiger partial charge in [0.25, 0.3) is 5.91 Å². The number of carbonyl (C=O) groups excluding carboxylic acids is 2. The lowest BCUT2D eigenvalue weighted by atomic mass is 10.1. The molecule has 0 unspecified atom stereocenters. The van der Waals surface area contributed by atoms with E-state index in [1.165, 1.54) is 39.5 Å². The van der Waals surface area contributed by atoms with Crippen molar-refractivity contribution in [2.24, 2.45) is 0 Å². The monoisotopic (exact) mass is 420 g/mol. The third-order valence-corrected chi connectivity index (χ3v) is 4.72. The number of halogens is 1. The molecule has 0 aromatic heterocycles. The van der Waals surface area contributed by atoms with Crippen LogP contribution in [0, 0.1) is 5.82 Å². The summed E-state index contributed by atoms with van der Waals surface area (Å²) in [5.41, 5.74) is 5.12. The molecule has 0 aliphatic rings. The molecule has 7 nitrogen and oxygen atoms in total. The van der Waals surface area contributed by atoms with E-state index in [1.807, 2.05) is 0 Å². The molecule has 0 heterocycles. The summed E-state index contributed by atoms with van der Waals surface area (Å²) < 4.78 is 29.2. The summed E-state index contributed by atoms with van der Waals surface area (Å²) in [6.45, 7) is 0. The van der Waals surface area contributed by atoms with Crippen molar-refractivity contribution in [2.45, 2.75) is 4.90 Å². The van der Waals surface area contributed by atoms with Gasteiger partial charge in [-0.1, -0.05) is 12.1 Å². The van der Waals surface area contributed by atoms with Gasteiger partial charge >= 0.3 is 0 Å². The van der Waals surface area contributed by atoms with Crippen LogP contribution in [0.25, 0.3) is 6.08 Å². The highest BCUT2D eigenvalue weighted by Crippen LogP contribution is 2.35. The number of hydrogen-bond acceptors (Lipinski definition) is 6. The van der Waals surface area contributed by atoms with Crippen LogP contribution >= 0.6 is 11.8 Å². The van der Waals surface area contributed by atoms with Crippen LogP contribution in [0.3, 0.4) is 0 Å². The predicted octanol–water partition coefficient (Wildman–Crippen LogP) is 2.80. The highest BCUT2D eigenvalue weighted by Gasteiger charge is 2.11. The number of benzene rings is 2. The molecule has 2 aromatic rings. The van der Waals surface area contributed by atoms with Crippen LogP contribution in [0.1, 0.15) is 5.56 Å². The van der Waals surface area contributed by atoms with Gasteiger partial charge in [-0.3, -0.25) is 20.4 Å². The molecule has 29 heavy (non-hydrogen) atoms. The Hall–Kier alpha value is -3.20. The predicted molar refractivity (Wildman–Crippen MR) is 109 cm³/mol. The third kappa shape index (κ3) is 6.42. The van der Waals surface area contributed by atoms with E-state index in [2.05, 4.69) is 10.9 Å². The van der Waals surface area contributed by atoms with Crippen molar-refractivity contribution < 1.29 is 28.2 Å². The van der Waals surface area contributed by atoms with Crippen molar-refractivity contribution in [3.05, 3.63) is 53.9 Å². The zero-order valence-corrected chi connectivity index (χ0v) is 17.0. The first kappa shape index (κ1) is 22.1. The molecule has 2 aromatic carbocycles. The Morgan fingerprint density at radius 3 is 2.31 bits per heavy atom. The van der Waals surface area contributed by atoms with E-state index in [9.17, 15) is 14.0 Å². The number of thioether (sulfide) groups is 1. The normalized spacial score (nSPS) is 10.5. The fraction of sp³-hybridized carbons (Fsp3) is 0.200. The highest BCUT2D eigenvalue weighted by molar-refractivity contribution is 8.00. The van der Waals surface area contributed by atoms with Gasteiger partial charge in [-0.25, -0.2) is 4.39 Å². The van der Waals surface area contributed by atoms with E-state index in [-0.39, 0.29) is 5.75 Å². The highest BCUT2D eigenvalue weighted by atomic mass is 32.2. The molecule has 2 rings (SSSR count). The minimum Gasteiger partial charge on any atom is -0.496 e. The van der Waals surface area contributed by atoms with E-state index in [4.69, 9.17) is 14.2 Å². The van der Waals surface area contributed by atoms with Gasteiger partial charge in [0.05, 0.1) is 27.1 Å². The lowest BCUT2D eigenvalue weighted by Crippen LogP contribution is -2.41. The first-order chi connectivity index (χ1) is 14.0. The van der Waals surface area contributed by atoms with Crippen molar-refractivity contribution >= 4 is 29.7 Å². The van der Waals surface area contributed by atoms with Crippen molar-refractivity contribution in [1.29, 1.82) is 0 Å². The van der Waals surface area contributed by atoms with E-state index in [0.29, 0.717) is 27.7 Å². The number of rotatable bonds is 8. The molecule has 0 radical (unpaired) electrons. The average Bonchev–Trinajstić information content (AvgIpc) is 2.74. The minimum atomic E-state index is -0.550. The summed E-state index contributed by atoms with van der Waals surface area (Å²) >= 11 is 1.03. The number of ether oxygens (including phenoxy) is 3. The molecule has 0 atom stereocenters. The largest absolute Gasteiger partial charge is 0.496 e. The van der Waals surface area contributed by atoms with Crippen molar-refractivity contribution in [2.75, 3.05) is 27.1 Å². The standard InChI is InChI=1S/C20H21FN2O5S/c1-26-15-11-17(28-3)16(27-2)10-13(15)8-9-19(24)22-23-20(25)12-29-18-7-5-4-6-14(18)21/h4-11H,12H2,1-3H3,(H,22,24)(H,23,25)/b9-8+. The number of hydrazine groups is 1. The number of hydrogen-bond donors (Lipinski definition) is 2. The first-order valence-electron chi connectivity index (χ1n) is 8.42. The molecular weight excluding hydrogens is 399 g/mol. The van der Waals surface area contributed by atoms with Crippen LogP contribution in [0.2, 0.25) is 0 Å². The lowest BCUT2D eigenvalue weighted by Gasteiger charge is -2.12. The molecule has 154 valence electrons. The Morgan fingerprint density at radius 1 is 1.00 bits per heavy atom. The summed E-state index contributed by atoms with van der Waals surface area (Å²) in [7, 11) is 4.50. The zero-order chi connectivity index (χ0) is 21.2. The molecule has 0 aliphatic heterocycles. The molecule has 0 bridgehead atoms. The van der Waals surface area contributed by atoms with Gasteiger partial charge in [-0.2, -0.15) is 0 Å². The quantitative estimate of drug-likeness (QED) is 0.388. The van der Waals surface area contributed by atoms with Gasteiger partial charge in [0.2, 0.25) is 5.91 Å². The van der Waals surface area contributed by atoms with Gasteiger partial charge < -0.3 is 14.2 Å². The topological polar surface area (TPSA) is 85.9 Å². The second-order valence-corrected chi connectivity index (χ2v) is 6.56. The van der Waals surface area contributed by atoms with E-state index in [1.54, 1.807) is 30.3 Å². The van der Waals surface area contributed by atoms with E-state index in [0.717, 1.165) is 11.8 Å². The van der Waals surface area contributed by atoms with Gasteiger partial charge in [-0.05, 0) is 24.3 Å². The van der Waals surface area contributed by atoms with Crippen LogP contribution in [0.5, 0.6) is 17.2 Å². The molecule has 2 N–H and O–H groups in total. The second kappa shape index (κ2) is 11.0. The SMILES string of the molecule is COc1cc(OC)c(OC)cc1/C=C/C(=O)NNC(=O)CSc1ccccc1F. The van der Waals surface area contributed by atoms with E-state index >= 15 is 0 Å². The Bertz CT molecular complexity index is 904. The molecule has 0 fully saturated rings. The van der Waals surface area contributed by atoms with Gasteiger partial charge in [-0.15, -0.1) is 11.8 Å². The van der Waals surface area contributed by atoms with Crippen LogP contribution in [-0.2, 0) is 9.59 Å². The number of amides is 2. The summed E-state index contributed by atoms with van der Waals surface area (Å²) in [5.74, 6) is -0.0145. The average molecular weight is 420 g/mol. The van der Waals surface area contributed by atoms with Crippen molar-refractivity contribution in [1.82, 2.24) is 10.9 Å². The maximum atomic E-state index is 13.5. The third-order valence-electron chi connectivity index (χ3n) is 3.67. The minimum absolute atomic E-state index is 0.0472. The smallest absolute Gasteiger partial charge is 0.262 e. The lowest BCUT2D eigenvalue weighted by molar-refractivity contribution is -0.125. The molecule has 0 saturated carbocycles. The Morgan fingerprint density at radius 2 is 1.66 bits per heavy atom. The molecule has 0 saturated heterocycles. The van der Waals surface area contributed by atoms with Crippen LogP contribution < -0.4 is 25.1 Å². The second-order valence-electron chi connectivity index (χ2n) is 5.54. The van der Waals surface area contributed by atoms with Crippen LogP contribution in [0.15, 0.2) is 47.4 Å². The number of methoxy groups -OCH3 is 3. The molecular formula is C20H21FN2O5S. The van der Waals surface area contributed by atoms with Gasteiger partial charge in [0.1, 0.15) is 11.6 Å². The Labute approximate surface area is 172 Å². The summed E-state index contributed by atoms with van der Waals surface area (Å²) in [4.78, 5) is 24.1. The number of carbonyl (C=O) groups is 2. The van der Waals surface area contributed by atoms with Crippen molar-refractivity contribution in [3.63, 3.8) is 0 Å². The first-order valence-corrected chi connectivity index (χ1v) is 9.41. The van der Waals surface area contributed by atoms with Crippen LogP contribution in [0.4, 0.5) is 4.39 Å². The number of nitrogens with one attached hydrogen (secondary N) is 2. The molecule has 9 heteroatoms. The zero-order valence-electron chi connectivity index (χ0n) is 16.2.